The second kappa shape index (κ2) is 6.04. The third kappa shape index (κ3) is 2.99. The average molecular weight is 262 g/mol. The SMILES string of the molecule is NCC1CCn2c(CCC3CCCCC3)nnc2C1. The fraction of sp³-hybridized carbons (Fsp3) is 0.867. The van der Waals surface area contributed by atoms with Crippen LogP contribution in [0.4, 0.5) is 0 Å². The summed E-state index contributed by atoms with van der Waals surface area (Å²) in [5, 5.41) is 8.80. The molecule has 1 unspecified atom stereocenters. The van der Waals surface area contributed by atoms with E-state index >= 15 is 0 Å². The molecule has 0 spiro atoms. The summed E-state index contributed by atoms with van der Waals surface area (Å²) in [5.74, 6) is 3.93. The lowest BCUT2D eigenvalue weighted by atomic mass is 9.86. The molecule has 19 heavy (non-hydrogen) atoms. The summed E-state index contributed by atoms with van der Waals surface area (Å²) in [4.78, 5) is 0. The van der Waals surface area contributed by atoms with Crippen LogP contribution in [-0.2, 0) is 19.4 Å². The molecule has 0 radical (unpaired) electrons. The first-order valence-electron chi connectivity index (χ1n) is 7.98. The topological polar surface area (TPSA) is 56.7 Å². The Balaban J connectivity index is 1.58. The van der Waals surface area contributed by atoms with Gasteiger partial charge in [-0.3, -0.25) is 0 Å². The number of rotatable bonds is 4. The molecule has 3 rings (SSSR count). The zero-order valence-corrected chi connectivity index (χ0v) is 11.9. The average Bonchev–Trinajstić information content (AvgIpc) is 2.88. The highest BCUT2D eigenvalue weighted by Gasteiger charge is 2.22. The second-order valence-electron chi connectivity index (χ2n) is 6.32. The highest BCUT2D eigenvalue weighted by molar-refractivity contribution is 5.01. The zero-order valence-electron chi connectivity index (χ0n) is 11.9. The lowest BCUT2D eigenvalue weighted by Gasteiger charge is -2.23. The molecule has 1 aromatic heterocycles. The van der Waals surface area contributed by atoms with Crippen molar-refractivity contribution in [3.05, 3.63) is 11.6 Å². The molecule has 0 amide bonds. The normalized spacial score (nSPS) is 24.4. The highest BCUT2D eigenvalue weighted by atomic mass is 15.3. The molecule has 2 N–H and O–H groups in total. The minimum Gasteiger partial charge on any atom is -0.330 e. The van der Waals surface area contributed by atoms with Crippen LogP contribution in [0.2, 0.25) is 0 Å². The van der Waals surface area contributed by atoms with Crippen LogP contribution in [0.1, 0.15) is 56.6 Å². The van der Waals surface area contributed by atoms with Crippen molar-refractivity contribution in [2.75, 3.05) is 6.54 Å². The van der Waals surface area contributed by atoms with Crippen LogP contribution < -0.4 is 5.73 Å². The van der Waals surface area contributed by atoms with E-state index in [0.717, 1.165) is 31.8 Å². The standard InChI is InChI=1S/C15H26N4/c16-11-13-8-9-19-14(17-18-15(19)10-13)7-6-12-4-2-1-3-5-12/h12-13H,1-11,16H2. The van der Waals surface area contributed by atoms with Gasteiger partial charge in [-0.05, 0) is 31.2 Å². The van der Waals surface area contributed by atoms with Gasteiger partial charge in [-0.1, -0.05) is 32.1 Å². The minimum absolute atomic E-state index is 0.614. The Kier molecular flexibility index (Phi) is 4.16. The molecule has 1 atom stereocenters. The van der Waals surface area contributed by atoms with Gasteiger partial charge in [0.25, 0.3) is 0 Å². The molecule has 0 saturated heterocycles. The molecule has 1 aromatic rings. The van der Waals surface area contributed by atoms with Crippen LogP contribution in [0.25, 0.3) is 0 Å². The van der Waals surface area contributed by atoms with Crippen LogP contribution in [0, 0.1) is 11.8 Å². The van der Waals surface area contributed by atoms with Crippen molar-refractivity contribution < 1.29 is 0 Å². The number of fused-ring (bicyclic) bond motifs is 1. The van der Waals surface area contributed by atoms with E-state index in [0.29, 0.717) is 5.92 Å². The molecular weight excluding hydrogens is 236 g/mol. The van der Waals surface area contributed by atoms with E-state index in [1.807, 2.05) is 0 Å². The number of nitrogens with zero attached hydrogens (tertiary/aromatic N) is 3. The van der Waals surface area contributed by atoms with Crippen molar-refractivity contribution in [2.24, 2.45) is 17.6 Å². The molecule has 1 saturated carbocycles. The van der Waals surface area contributed by atoms with Crippen molar-refractivity contribution >= 4 is 0 Å². The molecule has 0 aromatic carbocycles. The number of aromatic nitrogens is 3. The van der Waals surface area contributed by atoms with Gasteiger partial charge >= 0.3 is 0 Å². The number of hydrogen-bond donors (Lipinski definition) is 1. The van der Waals surface area contributed by atoms with E-state index in [2.05, 4.69) is 14.8 Å². The number of aryl methyl sites for hydroxylation is 1. The fourth-order valence-electron chi connectivity index (χ4n) is 3.65. The molecule has 0 bridgehead atoms. The van der Waals surface area contributed by atoms with E-state index in [-0.39, 0.29) is 0 Å². The maximum Gasteiger partial charge on any atom is 0.133 e. The lowest BCUT2D eigenvalue weighted by molar-refractivity contribution is 0.332. The number of hydrogen-bond acceptors (Lipinski definition) is 3. The molecule has 2 aliphatic rings. The van der Waals surface area contributed by atoms with Crippen molar-refractivity contribution in [2.45, 2.75) is 64.3 Å². The van der Waals surface area contributed by atoms with E-state index in [1.165, 1.54) is 56.6 Å². The van der Waals surface area contributed by atoms with Gasteiger partial charge in [-0.25, -0.2) is 0 Å². The van der Waals surface area contributed by atoms with Gasteiger partial charge in [-0.15, -0.1) is 10.2 Å². The predicted molar refractivity (Wildman–Crippen MR) is 75.8 cm³/mol. The molecule has 1 fully saturated rings. The Morgan fingerprint density at radius 2 is 1.89 bits per heavy atom. The van der Waals surface area contributed by atoms with Crippen molar-refractivity contribution in [1.82, 2.24) is 14.8 Å². The summed E-state index contributed by atoms with van der Waals surface area (Å²) in [6.07, 6.45) is 11.8. The third-order valence-corrected chi connectivity index (χ3v) is 4.97. The van der Waals surface area contributed by atoms with Gasteiger partial charge in [-0.2, -0.15) is 0 Å². The van der Waals surface area contributed by atoms with E-state index < -0.39 is 0 Å². The van der Waals surface area contributed by atoms with E-state index in [1.54, 1.807) is 0 Å². The Morgan fingerprint density at radius 1 is 1.05 bits per heavy atom. The van der Waals surface area contributed by atoms with Crippen LogP contribution in [0.5, 0.6) is 0 Å². The van der Waals surface area contributed by atoms with Crippen molar-refractivity contribution in [1.29, 1.82) is 0 Å². The van der Waals surface area contributed by atoms with Crippen LogP contribution in [0.15, 0.2) is 0 Å². The first-order valence-corrected chi connectivity index (χ1v) is 7.98. The quantitative estimate of drug-likeness (QED) is 0.906. The van der Waals surface area contributed by atoms with Gasteiger partial charge in [0.1, 0.15) is 11.6 Å². The van der Waals surface area contributed by atoms with E-state index in [9.17, 15) is 0 Å². The van der Waals surface area contributed by atoms with Gasteiger partial charge in [0.2, 0.25) is 0 Å². The first kappa shape index (κ1) is 13.1. The Hall–Kier alpha value is -0.900. The van der Waals surface area contributed by atoms with Crippen molar-refractivity contribution in [3.8, 4) is 0 Å². The number of nitrogens with two attached hydrogens (primary N) is 1. The Morgan fingerprint density at radius 3 is 2.68 bits per heavy atom. The second-order valence-corrected chi connectivity index (χ2v) is 6.32. The molecule has 4 nitrogen and oxygen atoms in total. The first-order chi connectivity index (χ1) is 9.36. The summed E-state index contributed by atoms with van der Waals surface area (Å²) < 4.78 is 2.36. The Labute approximate surface area is 115 Å². The van der Waals surface area contributed by atoms with Gasteiger partial charge in [0.05, 0.1) is 0 Å². The third-order valence-electron chi connectivity index (χ3n) is 4.97. The van der Waals surface area contributed by atoms with Gasteiger partial charge in [0, 0.05) is 19.4 Å². The van der Waals surface area contributed by atoms with Crippen molar-refractivity contribution in [3.63, 3.8) is 0 Å². The summed E-state index contributed by atoms with van der Waals surface area (Å²) in [5.41, 5.74) is 5.77. The summed E-state index contributed by atoms with van der Waals surface area (Å²) in [6.45, 7) is 1.86. The fourth-order valence-corrected chi connectivity index (χ4v) is 3.65. The molecule has 4 heteroatoms. The van der Waals surface area contributed by atoms with Gasteiger partial charge in [0.15, 0.2) is 0 Å². The molecule has 2 heterocycles. The molecule has 1 aliphatic heterocycles. The maximum atomic E-state index is 5.77. The summed E-state index contributed by atoms with van der Waals surface area (Å²) >= 11 is 0. The smallest absolute Gasteiger partial charge is 0.133 e. The Bertz CT molecular complexity index is 406. The largest absolute Gasteiger partial charge is 0.330 e. The van der Waals surface area contributed by atoms with Crippen LogP contribution in [-0.4, -0.2) is 21.3 Å². The van der Waals surface area contributed by atoms with Gasteiger partial charge < -0.3 is 10.3 Å². The minimum atomic E-state index is 0.614. The maximum absolute atomic E-state index is 5.77. The zero-order chi connectivity index (χ0) is 13.1. The predicted octanol–water partition coefficient (Wildman–Crippen LogP) is 2.31. The summed E-state index contributed by atoms with van der Waals surface area (Å²) in [6, 6.07) is 0. The summed E-state index contributed by atoms with van der Waals surface area (Å²) in [7, 11) is 0. The van der Waals surface area contributed by atoms with E-state index in [4.69, 9.17) is 5.73 Å². The van der Waals surface area contributed by atoms with Crippen LogP contribution in [0.3, 0.4) is 0 Å². The highest BCUT2D eigenvalue weighted by Crippen LogP contribution is 2.28. The monoisotopic (exact) mass is 262 g/mol. The molecular formula is C15H26N4. The van der Waals surface area contributed by atoms with Crippen LogP contribution >= 0.6 is 0 Å². The molecule has 106 valence electrons. The lowest BCUT2D eigenvalue weighted by Crippen LogP contribution is -2.26. The molecule has 1 aliphatic carbocycles.